The van der Waals surface area contributed by atoms with Crippen molar-refractivity contribution in [3.05, 3.63) is 235 Å². The molecule has 14 nitrogen and oxygen atoms in total. The van der Waals surface area contributed by atoms with Crippen molar-refractivity contribution >= 4 is 45.5 Å². The van der Waals surface area contributed by atoms with Gasteiger partial charge in [-0.25, -0.2) is 29.9 Å². The molecule has 1 aliphatic carbocycles. The lowest BCUT2D eigenvalue weighted by molar-refractivity contribution is 0.414. The van der Waals surface area contributed by atoms with E-state index in [1.165, 1.54) is 0 Å². The maximum atomic E-state index is 7.55. The highest BCUT2D eigenvalue weighted by Crippen LogP contribution is 2.53. The van der Waals surface area contributed by atoms with Crippen molar-refractivity contribution in [2.45, 2.75) is 314 Å². The Hall–Kier alpha value is -11.8. The summed E-state index contributed by atoms with van der Waals surface area (Å²) < 4.78 is 45.0. The molecule has 15 rings (SSSR count). The summed E-state index contributed by atoms with van der Waals surface area (Å²) >= 11 is 0. The highest BCUT2D eigenvalue weighted by molar-refractivity contribution is 6.07. The fourth-order valence-electron chi connectivity index (χ4n) is 16.0. The van der Waals surface area contributed by atoms with Crippen molar-refractivity contribution < 1.29 is 28.4 Å². The molecule has 130 heavy (non-hydrogen) atoms. The molecule has 12 aromatic rings. The predicted molar refractivity (Wildman–Crippen MR) is 538 cm³/mol. The second kappa shape index (κ2) is 32.0. The van der Waals surface area contributed by atoms with Gasteiger partial charge in [0.05, 0.1) is 0 Å². The summed E-state index contributed by atoms with van der Waals surface area (Å²) in [6, 6.07) is 51.7. The molecule has 3 aliphatic rings. The first-order chi connectivity index (χ1) is 59.8. The minimum absolute atomic E-state index is 0.232. The van der Waals surface area contributed by atoms with E-state index in [9.17, 15) is 0 Å². The number of aromatic amines is 2. The molecular weight excluding hydrogens is 1600 g/mol. The largest absolute Gasteiger partial charge is 0.453 e. The van der Waals surface area contributed by atoms with Crippen LogP contribution < -0.4 is 28.4 Å². The van der Waals surface area contributed by atoms with Crippen LogP contribution in [0.2, 0.25) is 0 Å². The molecule has 9 aromatic carbocycles. The quantitative estimate of drug-likeness (QED) is 0.111. The van der Waals surface area contributed by atoms with E-state index in [0.29, 0.717) is 159 Å². The third-order valence-corrected chi connectivity index (χ3v) is 25.0. The molecule has 0 fully saturated rings. The van der Waals surface area contributed by atoms with E-state index < -0.39 is 0 Å². The van der Waals surface area contributed by atoms with Crippen molar-refractivity contribution in [1.82, 2.24) is 39.9 Å². The fourth-order valence-corrected chi connectivity index (χ4v) is 16.0. The Labute approximate surface area is 772 Å². The first-order valence-electron chi connectivity index (χ1n) is 46.1. The third kappa shape index (κ3) is 19.8. The lowest BCUT2D eigenvalue weighted by atomic mass is 9.80. The molecule has 0 amide bonds. The van der Waals surface area contributed by atoms with Gasteiger partial charge in [-0.1, -0.05) is 297 Å². The van der Waals surface area contributed by atoms with Crippen molar-refractivity contribution in [2.24, 2.45) is 0 Å². The zero-order valence-electron chi connectivity index (χ0n) is 84.1. The van der Waals surface area contributed by atoms with Gasteiger partial charge in [-0.05, 0) is 241 Å². The van der Waals surface area contributed by atoms with Crippen LogP contribution in [0.25, 0.3) is 91.1 Å². The number of H-pyrrole nitrogens is 2. The highest BCUT2D eigenvalue weighted by Gasteiger charge is 2.35. The molecule has 3 aromatic heterocycles. The molecule has 2 aliphatic heterocycles. The first kappa shape index (κ1) is 92.9. The number of nitrogens with zero attached hydrogens (tertiary/aromatic N) is 6. The zero-order valence-corrected chi connectivity index (χ0v) is 84.1. The summed E-state index contributed by atoms with van der Waals surface area (Å²) in [7, 11) is 0. The summed E-state index contributed by atoms with van der Waals surface area (Å²) in [5, 5.41) is 1.26. The summed E-state index contributed by atoms with van der Waals surface area (Å²) in [6.45, 7) is 80.5. The molecule has 5 heterocycles. The lowest BCUT2D eigenvalue weighted by Gasteiger charge is -2.27. The number of rotatable bonds is 12. The normalized spacial score (nSPS) is 13.5. The molecule has 0 saturated carbocycles. The van der Waals surface area contributed by atoms with Crippen molar-refractivity contribution in [3.63, 3.8) is 0 Å². The zero-order chi connectivity index (χ0) is 94.8. The van der Waals surface area contributed by atoms with Crippen LogP contribution in [0, 0.1) is 0 Å². The molecule has 14 heteroatoms. The Bertz CT molecular complexity index is 6260. The van der Waals surface area contributed by atoms with Crippen LogP contribution in [-0.4, -0.2) is 39.9 Å². The van der Waals surface area contributed by atoms with Gasteiger partial charge in [-0.2, -0.15) is 0 Å². The van der Waals surface area contributed by atoms with Crippen LogP contribution in [0.5, 0.6) is 69.0 Å². The molecular formula is C116H136N8O6. The number of hydrogen-bond donors (Lipinski definition) is 2. The second-order valence-electron chi connectivity index (χ2n) is 48.6. The monoisotopic (exact) mass is 1740 g/mol. The molecule has 0 atom stereocenters. The van der Waals surface area contributed by atoms with Crippen LogP contribution in [0.1, 0.15) is 327 Å². The fraction of sp³-hybridized carbons (Fsp3) is 0.414. The Morgan fingerprint density at radius 3 is 0.508 bits per heavy atom. The summed E-state index contributed by atoms with van der Waals surface area (Å²) in [4.78, 5) is 41.8. The maximum absolute atomic E-state index is 7.55. The molecule has 0 saturated heterocycles. The van der Waals surface area contributed by atoms with Gasteiger partial charge in [0.25, 0.3) is 0 Å². The van der Waals surface area contributed by atoms with Crippen molar-refractivity contribution in [2.75, 3.05) is 0 Å². The van der Waals surface area contributed by atoms with Gasteiger partial charge in [-0.15, -0.1) is 0 Å². The van der Waals surface area contributed by atoms with E-state index in [0.717, 1.165) is 66.8 Å². The molecule has 0 spiro atoms. The van der Waals surface area contributed by atoms with Gasteiger partial charge >= 0.3 is 0 Å². The number of ether oxygens (including phenoxy) is 6. The number of aromatic nitrogens is 8. The van der Waals surface area contributed by atoms with Crippen LogP contribution in [0.4, 0.5) is 0 Å². The van der Waals surface area contributed by atoms with E-state index in [-0.39, 0.29) is 65.0 Å². The van der Waals surface area contributed by atoms with E-state index in [4.69, 9.17) is 58.3 Å². The van der Waals surface area contributed by atoms with E-state index in [1.807, 2.05) is 48.6 Å². The molecule has 8 bridgehead atoms. The topological polar surface area (TPSA) is 164 Å². The Morgan fingerprint density at radius 2 is 0.338 bits per heavy atom. The van der Waals surface area contributed by atoms with Crippen LogP contribution in [0.15, 0.2) is 157 Å². The minimum Gasteiger partial charge on any atom is -0.453 e. The van der Waals surface area contributed by atoms with Crippen molar-refractivity contribution in [1.29, 1.82) is 0 Å². The van der Waals surface area contributed by atoms with Gasteiger partial charge in [0.1, 0.15) is 57.1 Å². The molecule has 0 unspecified atom stereocenters. The highest BCUT2D eigenvalue weighted by atomic mass is 16.5. The predicted octanol–water partition coefficient (Wildman–Crippen LogP) is 32.8. The minimum atomic E-state index is -0.249. The van der Waals surface area contributed by atoms with E-state index in [2.05, 4.69) is 380 Å². The smallest absolute Gasteiger partial charge is 0.170 e. The molecule has 2 N–H and O–H groups in total. The Balaban J connectivity index is 1.09. The third-order valence-electron chi connectivity index (χ3n) is 25.0. The van der Waals surface area contributed by atoms with Gasteiger partial charge in [0.15, 0.2) is 57.8 Å². The standard InChI is InChI=1S/C116H136N8O6/c1-105(2,3)65-41-66(106(4,5)6)48-77(47-65)125-91-59-85-87(61-93(91)127-79-51-69(109(13,14)15)43-70(52-79)110(16,17)18)101-120-99(85)118-97-83-39-37-38-40-84(83)98(117-97)119-100-86-60-92(126-78-49-67(107(7,8)9)42-68(50-78)108(10,11)12)94(128-80-53-71(111(19,20)21)44-72(54-80)112(22,23)24)62-88(86)102(121-100)123-104-90-64-96(130-82-57-75(115(31,32)33)46-76(58-82)116(34,35)36)95(63-89(90)103(122-101)124-104)129-81-55-73(113(25,26)27)45-74(56-81)114(28,29)30/h39-64H,1-36H3,(H2,117,118,119,120,121,122,123,124). The summed E-state index contributed by atoms with van der Waals surface area (Å²) in [5.74, 6) is 7.80. The Morgan fingerprint density at radius 1 is 0.185 bits per heavy atom. The number of hydrogen-bond acceptors (Lipinski definition) is 12. The van der Waals surface area contributed by atoms with E-state index in [1.54, 1.807) is 0 Å². The lowest BCUT2D eigenvalue weighted by Crippen LogP contribution is -2.16. The SMILES string of the molecule is CC(C)(C)c1cc(Oc2cc3c(cc2Oc2cc(C(C)(C)C)cc(C(C)(C)C)c2)-c2nc-3nc3[nH]c(nc4nc(nc5[nH]c(n2)c2cc(Oc6cc(C(C)(C)C)cc(C(C)(C)C)c6)c(Oc6cc(C(C)(C)C)cc(C(C)(C)C)c6)cc52)-c2cc(Oc5cc(C(C)(C)C)cc(C(C)(C)C)c5)c(Oc5cc(C(C)(C)C)cc(C(C)(C)C)c5)cc2-4)c2c3C=C=C=C2)cc(C(C)(C)C)c1. The summed E-state index contributed by atoms with van der Waals surface area (Å²) in [5.41, 5.74) is 22.8. The van der Waals surface area contributed by atoms with Gasteiger partial charge in [-0.3, -0.25) is 0 Å². The Kier molecular flexibility index (Phi) is 22.9. The average Bonchev–Trinajstić information content (AvgIpc) is 1.57. The molecule has 676 valence electrons. The van der Waals surface area contributed by atoms with Gasteiger partial charge < -0.3 is 38.4 Å². The maximum Gasteiger partial charge on any atom is 0.170 e. The number of nitrogens with one attached hydrogen (secondary N) is 2. The second-order valence-corrected chi connectivity index (χ2v) is 48.6. The number of benzene rings is 9. The van der Waals surface area contributed by atoms with Crippen LogP contribution in [-0.2, 0) is 65.0 Å². The van der Waals surface area contributed by atoms with Crippen LogP contribution >= 0.6 is 0 Å². The number of fused-ring (bicyclic) bond motifs is 20. The first-order valence-corrected chi connectivity index (χ1v) is 46.1. The van der Waals surface area contributed by atoms with Gasteiger partial charge in [0, 0.05) is 56.3 Å². The van der Waals surface area contributed by atoms with Gasteiger partial charge in [0.2, 0.25) is 0 Å². The van der Waals surface area contributed by atoms with E-state index >= 15 is 0 Å². The van der Waals surface area contributed by atoms with Crippen molar-refractivity contribution in [3.8, 4) is 115 Å². The molecule has 0 radical (unpaired) electrons. The average molecular weight is 1740 g/mol. The summed E-state index contributed by atoms with van der Waals surface area (Å²) in [6.07, 6.45) is 3.76. The van der Waals surface area contributed by atoms with Crippen LogP contribution in [0.3, 0.4) is 0 Å².